The Morgan fingerprint density at radius 1 is 1.00 bits per heavy atom. The SMILES string of the molecule is O.O.[Br][Cr][Br]. The van der Waals surface area contributed by atoms with Gasteiger partial charge in [-0.1, -0.05) is 0 Å². The number of rotatable bonds is 0. The fourth-order valence-corrected chi connectivity index (χ4v) is 0. The summed E-state index contributed by atoms with van der Waals surface area (Å²) in [6.07, 6.45) is 0. The summed E-state index contributed by atoms with van der Waals surface area (Å²) in [6, 6.07) is 0. The summed E-state index contributed by atoms with van der Waals surface area (Å²) in [5.41, 5.74) is 0. The first kappa shape index (κ1) is 16.1. The standard InChI is InChI=1S/2BrH.Cr.2H2O/h2*1H;;2*1H2/q;;+2;;/p-2. The third-order valence-corrected chi connectivity index (χ3v) is 0. The first-order valence-corrected chi connectivity index (χ1v) is 6.61. The molecule has 0 atom stereocenters. The van der Waals surface area contributed by atoms with Crippen molar-refractivity contribution in [1.29, 1.82) is 0 Å². The molecular weight excluding hydrogens is 244 g/mol. The Kier molecular flexibility index (Phi) is 58.4. The minimum absolute atomic E-state index is 0. The van der Waals surface area contributed by atoms with Crippen molar-refractivity contribution in [3.05, 3.63) is 0 Å². The van der Waals surface area contributed by atoms with Crippen LogP contribution in [0.25, 0.3) is 0 Å². The summed E-state index contributed by atoms with van der Waals surface area (Å²) in [5, 5.41) is 0. The van der Waals surface area contributed by atoms with Gasteiger partial charge in [-0.15, -0.1) is 0 Å². The fraction of sp³-hybridized carbons (Fsp3) is 0. The molecule has 5 heteroatoms. The molecule has 0 aliphatic carbocycles. The van der Waals surface area contributed by atoms with E-state index in [0.717, 1.165) is 0 Å². The van der Waals surface area contributed by atoms with Crippen LogP contribution in [0.5, 0.6) is 0 Å². The predicted molar refractivity (Wildman–Crippen MR) is 25.1 cm³/mol. The third-order valence-electron chi connectivity index (χ3n) is 0. The van der Waals surface area contributed by atoms with E-state index in [-0.39, 0.29) is 11.0 Å². The summed E-state index contributed by atoms with van der Waals surface area (Å²) in [6.45, 7) is 0. The second kappa shape index (κ2) is 18.1. The molecular formula is H4Br2CrO2. The molecule has 0 saturated carbocycles. The van der Waals surface area contributed by atoms with Crippen LogP contribution in [0.4, 0.5) is 0 Å². The molecule has 0 radical (unpaired) electrons. The van der Waals surface area contributed by atoms with Gasteiger partial charge in [-0.3, -0.25) is 0 Å². The Hall–Kier alpha value is 1.41. The van der Waals surface area contributed by atoms with Crippen LogP contribution in [-0.4, -0.2) is 11.0 Å². The first-order chi connectivity index (χ1) is 1.41. The first-order valence-electron chi connectivity index (χ1n) is 0.309. The molecule has 36 valence electrons. The van der Waals surface area contributed by atoms with E-state index in [9.17, 15) is 0 Å². The summed E-state index contributed by atoms with van der Waals surface area (Å²) in [7, 11) is 0. The summed E-state index contributed by atoms with van der Waals surface area (Å²) < 4.78 is 0. The van der Waals surface area contributed by atoms with Crippen LogP contribution in [0.15, 0.2) is 0 Å². The van der Waals surface area contributed by atoms with Gasteiger partial charge in [0.05, 0.1) is 0 Å². The van der Waals surface area contributed by atoms with Crippen LogP contribution in [0.1, 0.15) is 0 Å². The molecule has 0 bridgehead atoms. The molecule has 0 rings (SSSR count). The van der Waals surface area contributed by atoms with Gasteiger partial charge in [0.2, 0.25) is 0 Å². The van der Waals surface area contributed by atoms with Gasteiger partial charge in [0, 0.05) is 0 Å². The van der Waals surface area contributed by atoms with Gasteiger partial charge in [0.15, 0.2) is 0 Å². The van der Waals surface area contributed by atoms with E-state index in [1.54, 1.807) is 0 Å². The van der Waals surface area contributed by atoms with Crippen LogP contribution in [-0.2, 0) is 11.6 Å². The van der Waals surface area contributed by atoms with Crippen LogP contribution in [0.2, 0.25) is 0 Å². The fourth-order valence-electron chi connectivity index (χ4n) is 0. The average molecular weight is 248 g/mol. The van der Waals surface area contributed by atoms with Gasteiger partial charge < -0.3 is 11.0 Å². The van der Waals surface area contributed by atoms with Crippen LogP contribution < -0.4 is 0 Å². The van der Waals surface area contributed by atoms with Gasteiger partial charge >= 0.3 is 39.7 Å². The molecule has 0 fully saturated rings. The van der Waals surface area contributed by atoms with Crippen molar-refractivity contribution in [2.75, 3.05) is 0 Å². The molecule has 5 heavy (non-hydrogen) atoms. The van der Waals surface area contributed by atoms with Crippen molar-refractivity contribution in [3.8, 4) is 0 Å². The Balaban J connectivity index is -0.0000000200. The molecule has 0 aromatic carbocycles. The van der Waals surface area contributed by atoms with E-state index >= 15 is 0 Å². The van der Waals surface area contributed by atoms with E-state index in [4.69, 9.17) is 0 Å². The molecule has 0 amide bonds. The van der Waals surface area contributed by atoms with E-state index in [1.807, 2.05) is 0 Å². The van der Waals surface area contributed by atoms with Crippen molar-refractivity contribution in [1.82, 2.24) is 0 Å². The molecule has 2 nitrogen and oxygen atoms in total. The molecule has 0 saturated heterocycles. The predicted octanol–water partition coefficient (Wildman–Crippen LogP) is 0.0393. The molecule has 0 spiro atoms. The second-order valence-electron chi connectivity index (χ2n) is 0.0583. The molecule has 0 heterocycles. The number of hydrogen-bond donors (Lipinski definition) is 0. The van der Waals surface area contributed by atoms with Crippen molar-refractivity contribution in [2.45, 2.75) is 0 Å². The Morgan fingerprint density at radius 2 is 1.00 bits per heavy atom. The van der Waals surface area contributed by atoms with Crippen molar-refractivity contribution >= 4 is 28.1 Å². The minimum atomic E-state index is 0. The molecule has 0 aliphatic rings. The van der Waals surface area contributed by atoms with Crippen molar-refractivity contribution < 1.29 is 22.5 Å². The van der Waals surface area contributed by atoms with E-state index < -0.39 is 0 Å². The quantitative estimate of drug-likeness (QED) is 0.580. The van der Waals surface area contributed by atoms with Gasteiger partial charge in [-0.05, 0) is 0 Å². The van der Waals surface area contributed by atoms with E-state index in [1.165, 1.54) is 0 Å². The summed E-state index contributed by atoms with van der Waals surface area (Å²) in [5.74, 6) is 0. The maximum atomic E-state index is 3.12. The zero-order valence-electron chi connectivity index (χ0n) is 2.16. The Bertz CT molecular complexity index is 7.61. The monoisotopic (exact) mass is 246 g/mol. The molecule has 0 unspecified atom stereocenters. The molecule has 0 aromatic heterocycles. The average Bonchev–Trinajstić information content (AvgIpc) is 0.918. The van der Waals surface area contributed by atoms with E-state index in [0.29, 0.717) is 11.6 Å². The summed E-state index contributed by atoms with van der Waals surface area (Å²) in [4.78, 5) is 0. The third kappa shape index (κ3) is 31.6. The number of hydrogen-bond acceptors (Lipinski definition) is 0. The van der Waals surface area contributed by atoms with Gasteiger partial charge in [-0.2, -0.15) is 0 Å². The van der Waals surface area contributed by atoms with Gasteiger partial charge in [-0.25, -0.2) is 0 Å². The molecule has 0 aromatic rings. The van der Waals surface area contributed by atoms with Gasteiger partial charge in [0.25, 0.3) is 0 Å². The Morgan fingerprint density at radius 3 is 1.00 bits per heavy atom. The van der Waals surface area contributed by atoms with Gasteiger partial charge in [0.1, 0.15) is 0 Å². The second-order valence-corrected chi connectivity index (χ2v) is 6.49. The summed E-state index contributed by atoms with van der Waals surface area (Å²) >= 11 is 6.75. The van der Waals surface area contributed by atoms with Crippen molar-refractivity contribution in [3.63, 3.8) is 0 Å². The topological polar surface area (TPSA) is 63.0 Å². The zero-order chi connectivity index (χ0) is 2.71. The van der Waals surface area contributed by atoms with Crippen LogP contribution in [0, 0.1) is 0 Å². The van der Waals surface area contributed by atoms with Crippen LogP contribution >= 0.6 is 28.1 Å². The normalized spacial score (nSPS) is 3.60. The zero-order valence-corrected chi connectivity index (χ0v) is 6.61. The Labute approximate surface area is 50.6 Å². The number of halogens is 2. The maximum absolute atomic E-state index is 3.12. The van der Waals surface area contributed by atoms with Crippen LogP contribution in [0.3, 0.4) is 0 Å². The van der Waals surface area contributed by atoms with Crippen molar-refractivity contribution in [2.24, 2.45) is 0 Å². The van der Waals surface area contributed by atoms with E-state index in [2.05, 4.69) is 28.1 Å². The molecule has 4 N–H and O–H groups in total. The molecule has 0 aliphatic heterocycles.